The van der Waals surface area contributed by atoms with Crippen LogP contribution < -0.4 is 20.1 Å². The Labute approximate surface area is 364 Å². The second-order valence-electron chi connectivity index (χ2n) is 18.2. The number of alkyl carbamates (subject to hydrolysis) is 2. The number of H-pyrrole nitrogens is 2. The minimum absolute atomic E-state index is 0.0861. The fourth-order valence-electron chi connectivity index (χ4n) is 5.49. The van der Waals surface area contributed by atoms with Crippen LogP contribution in [-0.4, -0.2) is 85.8 Å². The number of amides is 2. The van der Waals surface area contributed by atoms with Crippen molar-refractivity contribution in [3.8, 4) is 11.5 Å². The summed E-state index contributed by atoms with van der Waals surface area (Å²) in [6.45, 7) is 22.4. The first-order valence-corrected chi connectivity index (χ1v) is 20.7. The average molecular weight is 916 g/mol. The van der Waals surface area contributed by atoms with Gasteiger partial charge in [-0.15, -0.1) is 0 Å². The first kappa shape index (κ1) is 49.8. The predicted octanol–water partition coefficient (Wildman–Crippen LogP) is 9.39. The molecular weight excluding hydrogens is 856 g/mol. The van der Waals surface area contributed by atoms with E-state index in [1.807, 2.05) is 0 Å². The maximum atomic E-state index is 12.4. The molecule has 61 heavy (non-hydrogen) atoms. The maximum absolute atomic E-state index is 12.4. The number of fused-ring (bicyclic) bond motifs is 2. The zero-order valence-electron chi connectivity index (χ0n) is 37.2. The number of carbonyl (C=O) groups excluding carboxylic acids is 6. The SMILES string of the molecule is CC(=O)[C@H](Cc1c[nH]c2ccc(OC(=O)OC(C)(C)C)cc12)NC(=O)OC(C)(C)C.CC(C)(C)OC(=O)N[C@@H](Cc1c[nH]c2ccc(OC(=O)OC(C)(C)C)cc12)C(=O)CBr. The molecule has 0 aliphatic carbocycles. The van der Waals surface area contributed by atoms with Crippen LogP contribution in [0.1, 0.15) is 101 Å². The number of hydrogen-bond acceptors (Lipinski definition) is 12. The Balaban J connectivity index is 0.000000325. The molecule has 0 saturated carbocycles. The van der Waals surface area contributed by atoms with E-state index >= 15 is 0 Å². The summed E-state index contributed by atoms with van der Waals surface area (Å²) in [5.74, 6) is 0.237. The lowest BCUT2D eigenvalue weighted by molar-refractivity contribution is -0.119. The summed E-state index contributed by atoms with van der Waals surface area (Å²) in [4.78, 5) is 78.9. The van der Waals surface area contributed by atoms with Gasteiger partial charge in [0.2, 0.25) is 0 Å². The first-order chi connectivity index (χ1) is 28.0. The van der Waals surface area contributed by atoms with Crippen molar-refractivity contribution in [1.29, 1.82) is 0 Å². The lowest BCUT2D eigenvalue weighted by Crippen LogP contribution is -2.45. The number of nitrogens with one attached hydrogen (secondary N) is 4. The number of ether oxygens (including phenoxy) is 6. The van der Waals surface area contributed by atoms with Gasteiger partial charge < -0.3 is 49.0 Å². The minimum atomic E-state index is -0.803. The van der Waals surface area contributed by atoms with Crippen LogP contribution in [-0.2, 0) is 41.4 Å². The van der Waals surface area contributed by atoms with Crippen molar-refractivity contribution >= 4 is 73.8 Å². The predicted molar refractivity (Wildman–Crippen MR) is 234 cm³/mol. The molecule has 4 rings (SSSR count). The lowest BCUT2D eigenvalue weighted by atomic mass is 10.0. The number of rotatable bonds is 11. The van der Waals surface area contributed by atoms with Gasteiger partial charge in [0, 0.05) is 47.0 Å². The normalized spacial score (nSPS) is 12.9. The Kier molecular flexibility index (Phi) is 16.6. The van der Waals surface area contributed by atoms with Crippen LogP contribution in [0.3, 0.4) is 0 Å². The largest absolute Gasteiger partial charge is 0.514 e. The van der Waals surface area contributed by atoms with Gasteiger partial charge in [0.15, 0.2) is 11.6 Å². The summed E-state index contributed by atoms with van der Waals surface area (Å²) in [6, 6.07) is 8.66. The van der Waals surface area contributed by atoms with Crippen molar-refractivity contribution < 1.29 is 57.2 Å². The maximum Gasteiger partial charge on any atom is 0.514 e. The van der Waals surface area contributed by atoms with Crippen LogP contribution in [0.4, 0.5) is 19.2 Å². The van der Waals surface area contributed by atoms with Crippen LogP contribution in [0.25, 0.3) is 21.8 Å². The van der Waals surface area contributed by atoms with Crippen molar-refractivity contribution in [2.24, 2.45) is 0 Å². The van der Waals surface area contributed by atoms with Gasteiger partial charge in [0.25, 0.3) is 0 Å². The average Bonchev–Trinajstić information content (AvgIpc) is 3.67. The van der Waals surface area contributed by atoms with Crippen LogP contribution in [0, 0.1) is 0 Å². The molecule has 0 aliphatic heterocycles. The summed E-state index contributed by atoms with van der Waals surface area (Å²) in [5.41, 5.74) is 0.492. The first-order valence-electron chi connectivity index (χ1n) is 19.6. The van der Waals surface area contributed by atoms with E-state index in [-0.39, 0.29) is 29.7 Å². The van der Waals surface area contributed by atoms with Gasteiger partial charge >= 0.3 is 24.5 Å². The number of hydrogen-bond donors (Lipinski definition) is 4. The van der Waals surface area contributed by atoms with Gasteiger partial charge in [-0.3, -0.25) is 9.59 Å². The van der Waals surface area contributed by atoms with E-state index in [9.17, 15) is 28.8 Å². The molecule has 0 fully saturated rings. The molecule has 4 aromatic rings. The third kappa shape index (κ3) is 17.5. The highest BCUT2D eigenvalue weighted by Gasteiger charge is 2.27. The Morgan fingerprint density at radius 3 is 1.28 bits per heavy atom. The zero-order valence-corrected chi connectivity index (χ0v) is 38.8. The summed E-state index contributed by atoms with van der Waals surface area (Å²) < 4.78 is 31.4. The fraction of sp³-hybridized carbons (Fsp3) is 0.500. The fourth-order valence-corrected chi connectivity index (χ4v) is 5.88. The van der Waals surface area contributed by atoms with Crippen molar-refractivity contribution in [2.75, 3.05) is 5.33 Å². The van der Waals surface area contributed by atoms with E-state index in [1.165, 1.54) is 6.92 Å². The molecule has 2 amide bonds. The van der Waals surface area contributed by atoms with Crippen molar-refractivity contribution in [2.45, 2.75) is 137 Å². The van der Waals surface area contributed by atoms with E-state index in [2.05, 4.69) is 36.5 Å². The lowest BCUT2D eigenvalue weighted by Gasteiger charge is -2.22. The standard InChI is InChI=1S/C22H29BrN2O6.C22H30N2O6/c1-21(2,3)30-19(27)25-17(18(26)11-23)9-13-12-24-16-8-7-14(10-15(13)16)29-20(28)31-22(4,5)6;1-13(25)18(24-19(26)29-21(2,3)4)10-14-12-23-17-9-8-15(11-16(14)17)28-20(27)30-22(5,6)7/h7-8,10,12,17,24H,9,11H2,1-6H3,(H,25,27);8-9,11-12,18,23H,10H2,1-7H3,(H,24,26)/t17-;18-/m00/s1. The van der Waals surface area contributed by atoms with Gasteiger partial charge in [-0.2, -0.15) is 0 Å². The summed E-state index contributed by atoms with van der Waals surface area (Å²) in [7, 11) is 0. The molecule has 2 aromatic heterocycles. The molecule has 0 radical (unpaired) electrons. The highest BCUT2D eigenvalue weighted by molar-refractivity contribution is 9.09. The summed E-state index contributed by atoms with van der Waals surface area (Å²) >= 11 is 3.16. The Morgan fingerprint density at radius 1 is 0.574 bits per heavy atom. The number of aromatic amines is 2. The smallest absolute Gasteiger partial charge is 0.444 e. The summed E-state index contributed by atoms with van der Waals surface area (Å²) in [5, 5.41) is 6.88. The van der Waals surface area contributed by atoms with Crippen molar-refractivity contribution in [1.82, 2.24) is 20.6 Å². The molecule has 334 valence electrons. The van der Waals surface area contributed by atoms with E-state index in [4.69, 9.17) is 28.4 Å². The third-order valence-electron chi connectivity index (χ3n) is 7.90. The van der Waals surface area contributed by atoms with Crippen molar-refractivity contribution in [3.05, 3.63) is 59.9 Å². The second-order valence-corrected chi connectivity index (χ2v) is 18.8. The Morgan fingerprint density at radius 2 is 0.934 bits per heavy atom. The topological polar surface area (TPSA) is 213 Å². The quantitative estimate of drug-likeness (QED) is 0.0480. The molecule has 2 atom stereocenters. The molecule has 17 heteroatoms. The van der Waals surface area contributed by atoms with Gasteiger partial charge in [-0.1, -0.05) is 15.9 Å². The Bertz CT molecular complexity index is 2200. The molecule has 0 bridgehead atoms. The van der Waals surface area contributed by atoms with Crippen LogP contribution >= 0.6 is 15.9 Å². The van der Waals surface area contributed by atoms with Gasteiger partial charge in [-0.05, 0) is 138 Å². The molecule has 0 saturated heterocycles. The van der Waals surface area contributed by atoms with Crippen LogP contribution in [0.2, 0.25) is 0 Å². The number of aromatic nitrogens is 2. The number of Topliss-reactive ketones (excluding diaryl/α,β-unsaturated/α-hetero) is 2. The third-order valence-corrected chi connectivity index (χ3v) is 8.45. The molecule has 16 nitrogen and oxygen atoms in total. The van der Waals surface area contributed by atoms with E-state index in [0.29, 0.717) is 11.5 Å². The molecule has 0 spiro atoms. The Hall–Kier alpha value is -5.58. The monoisotopic (exact) mass is 914 g/mol. The minimum Gasteiger partial charge on any atom is -0.444 e. The molecule has 0 unspecified atom stereocenters. The zero-order chi connectivity index (χ0) is 46.1. The van der Waals surface area contributed by atoms with E-state index in [0.717, 1.165) is 32.9 Å². The molecule has 2 aromatic carbocycles. The van der Waals surface area contributed by atoms with Crippen LogP contribution in [0.15, 0.2) is 48.8 Å². The van der Waals surface area contributed by atoms with Crippen molar-refractivity contribution in [3.63, 3.8) is 0 Å². The van der Waals surface area contributed by atoms with Gasteiger partial charge in [-0.25, -0.2) is 19.2 Å². The second kappa shape index (κ2) is 20.3. The molecule has 0 aliphatic rings. The number of benzene rings is 2. The molecule has 2 heterocycles. The number of halogens is 1. The highest BCUT2D eigenvalue weighted by atomic mass is 79.9. The number of carbonyl (C=O) groups is 6. The summed E-state index contributed by atoms with van der Waals surface area (Å²) in [6.07, 6.45) is 1.08. The highest BCUT2D eigenvalue weighted by Crippen LogP contribution is 2.27. The molecule has 4 N–H and O–H groups in total. The molecular formula is C44H59BrN4O12. The van der Waals surface area contributed by atoms with E-state index < -0.39 is 59.0 Å². The number of alkyl halides is 1. The number of ketones is 2. The van der Waals surface area contributed by atoms with Gasteiger partial charge in [0.05, 0.1) is 17.4 Å². The van der Waals surface area contributed by atoms with E-state index in [1.54, 1.807) is 132 Å². The van der Waals surface area contributed by atoms with Gasteiger partial charge in [0.1, 0.15) is 33.9 Å². The van der Waals surface area contributed by atoms with Crippen LogP contribution in [0.5, 0.6) is 11.5 Å².